The molecule has 8 nitrogen and oxygen atoms in total. The maximum Gasteiger partial charge on any atom is 0.271 e. The third kappa shape index (κ3) is 4.52. The topological polar surface area (TPSA) is 102 Å². The number of amides is 1. The number of hydrogen-bond acceptors (Lipinski definition) is 8. The van der Waals surface area contributed by atoms with Gasteiger partial charge in [0.15, 0.2) is 11.3 Å². The van der Waals surface area contributed by atoms with E-state index in [2.05, 4.69) is 30.6 Å². The second kappa shape index (κ2) is 8.31. The molecule has 0 aliphatic carbocycles. The molecule has 3 rings (SSSR count). The zero-order chi connectivity index (χ0) is 19.4. The Morgan fingerprint density at radius 1 is 1.33 bits per heavy atom. The van der Waals surface area contributed by atoms with Crippen molar-refractivity contribution in [1.29, 1.82) is 0 Å². The molecule has 3 aromatic rings. The highest BCUT2D eigenvalue weighted by atomic mass is 32.1. The Morgan fingerprint density at radius 3 is 2.89 bits per heavy atom. The maximum atomic E-state index is 13.4. The first-order valence-electron chi connectivity index (χ1n) is 8.27. The fourth-order valence-electron chi connectivity index (χ4n) is 2.44. The van der Waals surface area contributed by atoms with Gasteiger partial charge in [-0.15, -0.1) is 11.3 Å². The van der Waals surface area contributed by atoms with E-state index in [-0.39, 0.29) is 23.6 Å². The van der Waals surface area contributed by atoms with Gasteiger partial charge in [-0.25, -0.2) is 14.4 Å². The zero-order valence-electron chi connectivity index (χ0n) is 15.1. The molecule has 1 amide bonds. The molecule has 0 saturated heterocycles. The SMILES string of the molecule is COCCNC(=O)c1nc(NC(C)c2cncc(F)c2)nc2nc(C)sc12. The number of methoxy groups -OCH3 is 1. The first-order valence-corrected chi connectivity index (χ1v) is 9.09. The van der Waals surface area contributed by atoms with Gasteiger partial charge in [0.25, 0.3) is 5.91 Å². The van der Waals surface area contributed by atoms with Crippen LogP contribution in [0.2, 0.25) is 0 Å². The van der Waals surface area contributed by atoms with Crippen molar-refractivity contribution in [2.24, 2.45) is 0 Å². The van der Waals surface area contributed by atoms with Crippen LogP contribution in [0.5, 0.6) is 0 Å². The number of ether oxygens (including phenoxy) is 1. The minimum Gasteiger partial charge on any atom is -0.383 e. The highest BCUT2D eigenvalue weighted by Gasteiger charge is 2.19. The van der Waals surface area contributed by atoms with Gasteiger partial charge >= 0.3 is 0 Å². The molecule has 142 valence electrons. The van der Waals surface area contributed by atoms with Crippen LogP contribution < -0.4 is 10.6 Å². The van der Waals surface area contributed by atoms with Gasteiger partial charge in [-0.1, -0.05) is 0 Å². The van der Waals surface area contributed by atoms with Crippen LogP contribution in [0.15, 0.2) is 18.5 Å². The standard InChI is InChI=1S/C17H19FN6O2S/c1-9(11-6-12(18)8-19-7-11)21-17-23-13(16(25)20-4-5-26-3)14-15(24-17)22-10(2)27-14/h6-9H,4-5H2,1-3H3,(H,20,25)(H,21,23,24). The summed E-state index contributed by atoms with van der Waals surface area (Å²) in [7, 11) is 1.56. The van der Waals surface area contributed by atoms with Crippen LogP contribution in [-0.4, -0.2) is 46.1 Å². The van der Waals surface area contributed by atoms with Crippen LogP contribution in [0.1, 0.15) is 34.0 Å². The van der Waals surface area contributed by atoms with E-state index in [1.165, 1.54) is 17.4 Å². The third-order valence-electron chi connectivity index (χ3n) is 3.74. The minimum atomic E-state index is -0.425. The van der Waals surface area contributed by atoms with Crippen LogP contribution in [0.4, 0.5) is 10.3 Å². The van der Waals surface area contributed by atoms with E-state index >= 15 is 0 Å². The molecular weight excluding hydrogens is 371 g/mol. The van der Waals surface area contributed by atoms with E-state index in [4.69, 9.17) is 4.74 Å². The average molecular weight is 390 g/mol. The van der Waals surface area contributed by atoms with Crippen LogP contribution in [0.25, 0.3) is 10.3 Å². The molecule has 1 unspecified atom stereocenters. The van der Waals surface area contributed by atoms with E-state index in [1.54, 1.807) is 13.3 Å². The quantitative estimate of drug-likeness (QED) is 0.598. The first kappa shape index (κ1) is 19.1. The van der Waals surface area contributed by atoms with Crippen molar-refractivity contribution >= 4 is 33.5 Å². The fourth-order valence-corrected chi connectivity index (χ4v) is 3.28. The third-order valence-corrected chi connectivity index (χ3v) is 4.71. The van der Waals surface area contributed by atoms with E-state index in [1.807, 2.05) is 13.8 Å². The van der Waals surface area contributed by atoms with E-state index in [9.17, 15) is 9.18 Å². The van der Waals surface area contributed by atoms with Crippen molar-refractivity contribution in [3.8, 4) is 0 Å². The molecular formula is C17H19FN6O2S. The number of rotatable bonds is 7. The predicted molar refractivity (Wildman–Crippen MR) is 100 cm³/mol. The van der Waals surface area contributed by atoms with Gasteiger partial charge in [-0.2, -0.15) is 4.98 Å². The predicted octanol–water partition coefficient (Wildman–Crippen LogP) is 2.48. The zero-order valence-corrected chi connectivity index (χ0v) is 15.9. The van der Waals surface area contributed by atoms with Crippen molar-refractivity contribution in [3.05, 3.63) is 40.5 Å². The van der Waals surface area contributed by atoms with E-state index < -0.39 is 5.82 Å². The molecule has 3 aromatic heterocycles. The van der Waals surface area contributed by atoms with Crippen LogP contribution in [0.3, 0.4) is 0 Å². The van der Waals surface area contributed by atoms with Crippen LogP contribution in [0, 0.1) is 12.7 Å². The molecule has 1 atom stereocenters. The Labute approximate surface area is 159 Å². The van der Waals surface area contributed by atoms with Crippen molar-refractivity contribution in [1.82, 2.24) is 25.3 Å². The number of hydrogen-bond donors (Lipinski definition) is 2. The van der Waals surface area contributed by atoms with Gasteiger partial charge in [-0.05, 0) is 25.5 Å². The molecule has 0 aliphatic rings. The van der Waals surface area contributed by atoms with Crippen molar-refractivity contribution < 1.29 is 13.9 Å². The Hall–Kier alpha value is -2.72. The summed E-state index contributed by atoms with van der Waals surface area (Å²) in [6.45, 7) is 4.44. The summed E-state index contributed by atoms with van der Waals surface area (Å²) in [5.41, 5.74) is 1.32. The maximum absolute atomic E-state index is 13.4. The number of nitrogens with one attached hydrogen (secondary N) is 2. The lowest BCUT2D eigenvalue weighted by Crippen LogP contribution is -2.28. The number of anilines is 1. The molecule has 0 bridgehead atoms. The number of aromatic nitrogens is 4. The van der Waals surface area contributed by atoms with Crippen LogP contribution >= 0.6 is 11.3 Å². The van der Waals surface area contributed by atoms with Crippen molar-refractivity contribution in [2.75, 3.05) is 25.6 Å². The number of halogens is 1. The summed E-state index contributed by atoms with van der Waals surface area (Å²) < 4.78 is 19.0. The second-order valence-corrected chi connectivity index (χ2v) is 7.04. The molecule has 0 aliphatic heterocycles. The summed E-state index contributed by atoms with van der Waals surface area (Å²) in [5, 5.41) is 6.62. The number of carbonyl (C=O) groups excluding carboxylic acids is 1. The number of pyridine rings is 1. The summed E-state index contributed by atoms with van der Waals surface area (Å²) in [4.78, 5) is 29.5. The Balaban J connectivity index is 1.90. The smallest absolute Gasteiger partial charge is 0.271 e. The average Bonchev–Trinajstić information content (AvgIpc) is 3.01. The molecule has 0 saturated carbocycles. The molecule has 3 heterocycles. The monoisotopic (exact) mass is 390 g/mol. The van der Waals surface area contributed by atoms with Crippen molar-refractivity contribution in [2.45, 2.75) is 19.9 Å². The Morgan fingerprint density at radius 2 is 2.15 bits per heavy atom. The summed E-state index contributed by atoms with van der Waals surface area (Å²) >= 11 is 1.36. The lowest BCUT2D eigenvalue weighted by atomic mass is 10.1. The molecule has 0 spiro atoms. The molecule has 0 aromatic carbocycles. The summed E-state index contributed by atoms with van der Waals surface area (Å²) in [5.74, 6) is -0.515. The van der Waals surface area contributed by atoms with Gasteiger partial charge in [0, 0.05) is 19.9 Å². The van der Waals surface area contributed by atoms with Crippen LogP contribution in [-0.2, 0) is 4.74 Å². The number of fused-ring (bicyclic) bond motifs is 1. The lowest BCUT2D eigenvalue weighted by Gasteiger charge is -2.14. The molecule has 0 radical (unpaired) electrons. The molecule has 27 heavy (non-hydrogen) atoms. The van der Waals surface area contributed by atoms with Gasteiger partial charge in [-0.3, -0.25) is 9.78 Å². The van der Waals surface area contributed by atoms with Gasteiger partial charge < -0.3 is 15.4 Å². The van der Waals surface area contributed by atoms with Gasteiger partial charge in [0.05, 0.1) is 23.9 Å². The fraction of sp³-hybridized carbons (Fsp3) is 0.353. The summed E-state index contributed by atoms with van der Waals surface area (Å²) in [6.07, 6.45) is 2.70. The number of carbonyl (C=O) groups is 1. The summed E-state index contributed by atoms with van der Waals surface area (Å²) in [6, 6.07) is 1.07. The van der Waals surface area contributed by atoms with Crippen molar-refractivity contribution in [3.63, 3.8) is 0 Å². The number of thiazole rings is 1. The van der Waals surface area contributed by atoms with E-state index in [0.29, 0.717) is 29.1 Å². The first-order chi connectivity index (χ1) is 13.0. The highest BCUT2D eigenvalue weighted by Crippen LogP contribution is 2.25. The van der Waals surface area contributed by atoms with Gasteiger partial charge in [0.2, 0.25) is 5.95 Å². The highest BCUT2D eigenvalue weighted by molar-refractivity contribution is 7.18. The second-order valence-electron chi connectivity index (χ2n) is 5.83. The molecule has 0 fully saturated rings. The molecule has 10 heteroatoms. The molecule has 2 N–H and O–H groups in total. The Kier molecular flexibility index (Phi) is 5.87. The van der Waals surface area contributed by atoms with Gasteiger partial charge in [0.1, 0.15) is 10.5 Å². The van der Waals surface area contributed by atoms with E-state index in [0.717, 1.165) is 11.2 Å². The largest absolute Gasteiger partial charge is 0.383 e. The normalized spacial score (nSPS) is 12.1. The number of nitrogens with zero attached hydrogens (tertiary/aromatic N) is 4. The number of aryl methyl sites for hydroxylation is 1. The Bertz CT molecular complexity index is 964. The minimum absolute atomic E-state index is 0.237. The lowest BCUT2D eigenvalue weighted by molar-refractivity contribution is 0.0934.